The highest BCUT2D eigenvalue weighted by atomic mass is 35.5. The van der Waals surface area contributed by atoms with Crippen molar-refractivity contribution in [3.8, 4) is 5.75 Å². The van der Waals surface area contributed by atoms with Crippen LogP contribution in [0.4, 0.5) is 0 Å². The average Bonchev–Trinajstić information content (AvgIpc) is 2.91. The van der Waals surface area contributed by atoms with Crippen LogP contribution in [0.3, 0.4) is 0 Å². The molecule has 2 unspecified atom stereocenters. The molecule has 0 fully saturated rings. The molecule has 0 aliphatic heterocycles. The highest BCUT2D eigenvalue weighted by Gasteiger charge is 2.43. The minimum Gasteiger partial charge on any atom is -0.489 e. The van der Waals surface area contributed by atoms with Crippen LogP contribution in [0.15, 0.2) is 78.9 Å². The first kappa shape index (κ1) is 28.4. The number of rotatable bonds is 13. The number of benzene rings is 2. The van der Waals surface area contributed by atoms with E-state index in [0.717, 1.165) is 16.9 Å². The summed E-state index contributed by atoms with van der Waals surface area (Å²) in [4.78, 5) is 23.2. The van der Waals surface area contributed by atoms with Crippen LogP contribution < -0.4 is 20.1 Å². The van der Waals surface area contributed by atoms with Gasteiger partial charge in [0.05, 0.1) is 6.54 Å². The Kier molecular flexibility index (Phi) is 10.3. The second-order valence-corrected chi connectivity index (χ2v) is 11.3. The number of hydrogen-bond acceptors (Lipinski definition) is 5. The molecule has 0 spiro atoms. The van der Waals surface area contributed by atoms with Gasteiger partial charge in [0.25, 0.3) is 0 Å². The first-order valence-electron chi connectivity index (χ1n) is 11.9. The summed E-state index contributed by atoms with van der Waals surface area (Å²) in [6.07, 6.45) is 7.55. The first-order valence-corrected chi connectivity index (χ1v) is 14.0. The number of sulfonamides is 1. The molecule has 37 heavy (non-hydrogen) atoms. The van der Waals surface area contributed by atoms with Crippen molar-refractivity contribution in [2.24, 2.45) is 5.92 Å². The summed E-state index contributed by atoms with van der Waals surface area (Å²) in [5, 5.41) is 5.08. The molecule has 2 atom stereocenters. The number of nitrogens with one attached hydrogen (secondary N) is 3. The van der Waals surface area contributed by atoms with Crippen LogP contribution >= 0.6 is 11.6 Å². The Bertz CT molecular complexity index is 1220. The van der Waals surface area contributed by atoms with Crippen LogP contribution in [-0.2, 0) is 32.6 Å². The van der Waals surface area contributed by atoms with E-state index in [1.165, 1.54) is 0 Å². The van der Waals surface area contributed by atoms with E-state index in [-0.39, 0.29) is 30.8 Å². The van der Waals surface area contributed by atoms with E-state index in [0.29, 0.717) is 13.0 Å². The SMILES string of the molecule is CC1(S(=O)(=O)NCC(=O)NCCNC(=O)CCl)C=CC=CC1Cc1ccc(OCc2ccccc2)cc1. The second-order valence-electron chi connectivity index (χ2n) is 8.81. The number of ether oxygens (including phenoxy) is 1. The van der Waals surface area contributed by atoms with Gasteiger partial charge >= 0.3 is 0 Å². The topological polar surface area (TPSA) is 114 Å². The van der Waals surface area contributed by atoms with E-state index in [1.807, 2.05) is 66.7 Å². The fraction of sp³-hybridized carbons (Fsp3) is 0.333. The van der Waals surface area contributed by atoms with E-state index in [1.54, 1.807) is 19.1 Å². The summed E-state index contributed by atoms with van der Waals surface area (Å²) in [6.45, 7) is 2.08. The van der Waals surface area contributed by atoms with Crippen molar-refractivity contribution in [3.05, 3.63) is 90.0 Å². The molecular weight excluding hydrogens is 514 g/mol. The highest BCUT2D eigenvalue weighted by molar-refractivity contribution is 7.91. The third-order valence-corrected chi connectivity index (χ3v) is 8.50. The van der Waals surface area contributed by atoms with Crippen LogP contribution in [-0.4, -0.2) is 50.5 Å². The van der Waals surface area contributed by atoms with Crippen LogP contribution in [0.2, 0.25) is 0 Å². The van der Waals surface area contributed by atoms with E-state index in [2.05, 4.69) is 15.4 Å². The Morgan fingerprint density at radius 1 is 0.946 bits per heavy atom. The molecule has 0 radical (unpaired) electrons. The standard InChI is InChI=1S/C27H32ClN3O5S/c1-27(37(34,35)31-19-26(33)30-16-15-29-25(32)18-28)14-6-5-9-23(27)17-21-10-12-24(13-11-21)36-20-22-7-3-2-4-8-22/h2-14,23,31H,15-20H2,1H3,(H,29,32)(H,30,33). The van der Waals surface area contributed by atoms with Gasteiger partial charge in [0.15, 0.2) is 0 Å². The van der Waals surface area contributed by atoms with Gasteiger partial charge in [0, 0.05) is 19.0 Å². The maximum atomic E-state index is 13.3. The summed E-state index contributed by atoms with van der Waals surface area (Å²) >= 11 is 5.39. The van der Waals surface area contributed by atoms with E-state index >= 15 is 0 Å². The highest BCUT2D eigenvalue weighted by Crippen LogP contribution is 2.34. The van der Waals surface area contributed by atoms with Gasteiger partial charge in [0.1, 0.15) is 23.0 Å². The van der Waals surface area contributed by atoms with Gasteiger partial charge in [-0.15, -0.1) is 11.6 Å². The van der Waals surface area contributed by atoms with Crippen molar-refractivity contribution < 1.29 is 22.7 Å². The lowest BCUT2D eigenvalue weighted by Crippen LogP contribution is -2.51. The Labute approximate surface area is 223 Å². The summed E-state index contributed by atoms with van der Waals surface area (Å²) in [5.74, 6) is -0.619. The minimum absolute atomic E-state index is 0.163. The van der Waals surface area contributed by atoms with Crippen LogP contribution in [0.1, 0.15) is 18.1 Å². The Hall–Kier alpha value is -3.14. The van der Waals surface area contributed by atoms with Crippen LogP contribution in [0, 0.1) is 5.92 Å². The quantitative estimate of drug-likeness (QED) is 0.264. The van der Waals surface area contributed by atoms with Gasteiger partial charge in [-0.1, -0.05) is 66.8 Å². The zero-order chi connectivity index (χ0) is 26.7. The minimum atomic E-state index is -3.90. The van der Waals surface area contributed by atoms with Gasteiger partial charge < -0.3 is 15.4 Å². The molecule has 3 N–H and O–H groups in total. The molecule has 1 aliphatic carbocycles. The molecule has 10 heteroatoms. The van der Waals surface area contributed by atoms with Gasteiger partial charge in [-0.05, 0) is 36.6 Å². The maximum Gasteiger partial charge on any atom is 0.235 e. The Morgan fingerprint density at radius 2 is 1.62 bits per heavy atom. The molecule has 2 aromatic carbocycles. The summed E-state index contributed by atoms with van der Waals surface area (Å²) in [5.41, 5.74) is 2.04. The number of halogens is 1. The fourth-order valence-electron chi connectivity index (χ4n) is 3.87. The molecule has 2 amide bonds. The molecule has 0 saturated carbocycles. The van der Waals surface area contributed by atoms with Crippen molar-refractivity contribution >= 4 is 33.4 Å². The second kappa shape index (κ2) is 13.4. The summed E-state index contributed by atoms with van der Waals surface area (Å²) < 4.78 is 33.6. The molecule has 0 aromatic heterocycles. The molecule has 198 valence electrons. The lowest BCUT2D eigenvalue weighted by atomic mass is 9.84. The number of amides is 2. The lowest BCUT2D eigenvalue weighted by Gasteiger charge is -2.34. The average molecular weight is 546 g/mol. The third-order valence-electron chi connectivity index (χ3n) is 6.14. The molecular formula is C27H32ClN3O5S. The van der Waals surface area contributed by atoms with Crippen LogP contribution in [0.5, 0.6) is 5.75 Å². The third kappa shape index (κ3) is 8.18. The number of carbonyl (C=O) groups excluding carboxylic acids is 2. The Balaban J connectivity index is 1.56. The van der Waals surface area contributed by atoms with Gasteiger partial charge in [-0.25, -0.2) is 13.1 Å². The molecule has 0 saturated heterocycles. The summed E-state index contributed by atoms with van der Waals surface area (Å²) in [7, 11) is -3.90. The first-order chi connectivity index (χ1) is 17.7. The summed E-state index contributed by atoms with van der Waals surface area (Å²) in [6, 6.07) is 17.5. The fourth-order valence-corrected chi connectivity index (χ4v) is 5.41. The van der Waals surface area contributed by atoms with Crippen molar-refractivity contribution in [1.29, 1.82) is 0 Å². The molecule has 0 heterocycles. The van der Waals surface area contributed by atoms with Gasteiger partial charge in [-0.3, -0.25) is 9.59 Å². The Morgan fingerprint density at radius 3 is 2.30 bits per heavy atom. The molecule has 8 nitrogen and oxygen atoms in total. The normalized spacial score (nSPS) is 18.8. The van der Waals surface area contributed by atoms with Gasteiger partial charge in [0.2, 0.25) is 21.8 Å². The number of carbonyl (C=O) groups is 2. The zero-order valence-electron chi connectivity index (χ0n) is 20.7. The van der Waals surface area contributed by atoms with Crippen molar-refractivity contribution in [3.63, 3.8) is 0 Å². The zero-order valence-corrected chi connectivity index (χ0v) is 22.2. The smallest absolute Gasteiger partial charge is 0.235 e. The molecule has 2 aromatic rings. The van der Waals surface area contributed by atoms with Crippen LogP contribution in [0.25, 0.3) is 0 Å². The molecule has 3 rings (SSSR count). The van der Waals surface area contributed by atoms with Crippen molar-refractivity contribution in [1.82, 2.24) is 15.4 Å². The largest absolute Gasteiger partial charge is 0.489 e. The van der Waals surface area contributed by atoms with E-state index < -0.39 is 27.2 Å². The van der Waals surface area contributed by atoms with E-state index in [9.17, 15) is 18.0 Å². The van der Waals surface area contributed by atoms with Crippen molar-refractivity contribution in [2.75, 3.05) is 25.5 Å². The predicted molar refractivity (Wildman–Crippen MR) is 145 cm³/mol. The number of hydrogen-bond donors (Lipinski definition) is 3. The predicted octanol–water partition coefficient (Wildman–Crippen LogP) is 2.70. The van der Waals surface area contributed by atoms with Crippen molar-refractivity contribution in [2.45, 2.75) is 24.7 Å². The van der Waals surface area contributed by atoms with E-state index in [4.69, 9.17) is 16.3 Å². The number of alkyl halides is 1. The lowest BCUT2D eigenvalue weighted by molar-refractivity contribution is -0.121. The van der Waals surface area contributed by atoms with Gasteiger partial charge in [-0.2, -0.15) is 0 Å². The number of allylic oxidation sites excluding steroid dienone is 3. The molecule has 1 aliphatic rings. The molecule has 0 bridgehead atoms. The maximum absolute atomic E-state index is 13.3. The monoisotopic (exact) mass is 545 g/mol.